The van der Waals surface area contributed by atoms with Gasteiger partial charge in [0.15, 0.2) is 17.3 Å². The number of cyclic esters (lactones) is 1. The van der Waals surface area contributed by atoms with Gasteiger partial charge in [-0.05, 0) is 72.2 Å². The molecule has 10 nitrogen and oxygen atoms in total. The third-order valence-corrected chi connectivity index (χ3v) is 7.53. The maximum atomic E-state index is 13.2. The van der Waals surface area contributed by atoms with E-state index >= 15 is 0 Å². The highest BCUT2D eigenvalue weighted by Gasteiger charge is 2.53. The highest BCUT2D eigenvalue weighted by molar-refractivity contribution is 6.47. The lowest BCUT2D eigenvalue weighted by molar-refractivity contribution is -0.141. The van der Waals surface area contributed by atoms with Crippen LogP contribution in [0.25, 0.3) is 0 Å². The van der Waals surface area contributed by atoms with Crippen LogP contribution in [0.15, 0.2) is 59.9 Å². The second kappa shape index (κ2) is 9.61. The quantitative estimate of drug-likeness (QED) is 0.337. The molecule has 2 aliphatic carbocycles. The number of nitrogens with one attached hydrogen (secondary N) is 1. The van der Waals surface area contributed by atoms with Crippen molar-refractivity contribution in [3.63, 3.8) is 0 Å². The van der Waals surface area contributed by atoms with Crippen LogP contribution in [0.5, 0.6) is 11.5 Å². The molecule has 0 spiro atoms. The van der Waals surface area contributed by atoms with Crippen molar-refractivity contribution in [1.29, 1.82) is 0 Å². The van der Waals surface area contributed by atoms with Crippen molar-refractivity contribution in [1.82, 2.24) is 0 Å². The first-order chi connectivity index (χ1) is 18.9. The van der Waals surface area contributed by atoms with Gasteiger partial charge in [0.05, 0.1) is 37.8 Å². The molecule has 4 aliphatic rings. The Kier molecular flexibility index (Phi) is 6.09. The van der Waals surface area contributed by atoms with E-state index in [1.807, 2.05) is 12.1 Å². The number of ether oxygens (including phenoxy) is 5. The van der Waals surface area contributed by atoms with E-state index in [1.54, 1.807) is 31.2 Å². The van der Waals surface area contributed by atoms with Crippen LogP contribution in [-0.2, 0) is 28.6 Å². The monoisotopic (exact) mass is 531 g/mol. The van der Waals surface area contributed by atoms with Crippen LogP contribution in [-0.4, -0.2) is 50.6 Å². The smallest absolute Gasteiger partial charge is 0.338 e. The fourth-order valence-electron chi connectivity index (χ4n) is 5.77. The number of benzene rings is 2. The second-order valence-corrected chi connectivity index (χ2v) is 9.60. The van der Waals surface area contributed by atoms with E-state index in [0.29, 0.717) is 22.6 Å². The summed E-state index contributed by atoms with van der Waals surface area (Å²) in [5.41, 5.74) is 3.24. The molecule has 39 heavy (non-hydrogen) atoms. The Morgan fingerprint density at radius 1 is 1.00 bits per heavy atom. The Bertz CT molecular complexity index is 1460. The molecule has 4 unspecified atom stereocenters. The van der Waals surface area contributed by atoms with Crippen molar-refractivity contribution in [2.75, 3.05) is 32.4 Å². The van der Waals surface area contributed by atoms with Crippen LogP contribution in [0.4, 0.5) is 5.69 Å². The number of ketones is 2. The minimum atomic E-state index is -0.737. The maximum Gasteiger partial charge on any atom is 0.338 e. The Labute approximate surface area is 223 Å². The lowest BCUT2D eigenvalue weighted by Gasteiger charge is -2.40. The number of methoxy groups -OCH3 is 1. The third kappa shape index (κ3) is 4.12. The van der Waals surface area contributed by atoms with Gasteiger partial charge in [0.25, 0.3) is 5.78 Å². The van der Waals surface area contributed by atoms with Crippen molar-refractivity contribution < 1.29 is 42.9 Å². The lowest BCUT2D eigenvalue weighted by Crippen LogP contribution is -2.38. The predicted molar refractivity (Wildman–Crippen MR) is 135 cm³/mol. The zero-order valence-electron chi connectivity index (χ0n) is 21.2. The summed E-state index contributed by atoms with van der Waals surface area (Å²) in [6.07, 6.45) is 2.79. The second-order valence-electron chi connectivity index (χ2n) is 9.60. The molecule has 4 atom stereocenters. The van der Waals surface area contributed by atoms with Gasteiger partial charge in [0.2, 0.25) is 12.6 Å². The van der Waals surface area contributed by atoms with E-state index in [4.69, 9.17) is 23.7 Å². The molecule has 2 aliphatic heterocycles. The summed E-state index contributed by atoms with van der Waals surface area (Å²) in [5.74, 6) is -2.77. The highest BCUT2D eigenvalue weighted by atomic mass is 16.7. The molecule has 0 radical (unpaired) electrons. The average Bonchev–Trinajstić information content (AvgIpc) is 3.56. The summed E-state index contributed by atoms with van der Waals surface area (Å²) in [6, 6.07) is 10.2. The van der Waals surface area contributed by atoms with Crippen molar-refractivity contribution >= 4 is 29.2 Å². The molecule has 2 aromatic carbocycles. The Balaban J connectivity index is 1.45. The summed E-state index contributed by atoms with van der Waals surface area (Å²) in [7, 11) is 1.33. The normalized spacial score (nSPS) is 24.7. The summed E-state index contributed by atoms with van der Waals surface area (Å²) in [6.45, 7) is 2.25. The van der Waals surface area contributed by atoms with Gasteiger partial charge < -0.3 is 29.0 Å². The standard InChI is InChI=1S/C29H25NO9/c1-3-36-28(33)14-4-6-16(7-5-14)30-26-18-11-22-21(38-13-39-22)10-17(18)24(25-19(26)12-37-29(25)34)15-8-20(31)27(32)23(9-15)35-2/h4-11,19,24-26,30H,3,12-13H2,1-2H3. The van der Waals surface area contributed by atoms with E-state index < -0.39 is 35.3 Å². The number of hydrogen-bond donors (Lipinski definition) is 1. The first kappa shape index (κ1) is 24.7. The largest absolute Gasteiger partial charge is 0.492 e. The number of allylic oxidation sites excluding steroid dienone is 4. The third-order valence-electron chi connectivity index (χ3n) is 7.53. The predicted octanol–water partition coefficient (Wildman–Crippen LogP) is 3.24. The van der Waals surface area contributed by atoms with E-state index in [2.05, 4.69) is 5.32 Å². The van der Waals surface area contributed by atoms with Gasteiger partial charge in [-0.1, -0.05) is 0 Å². The van der Waals surface area contributed by atoms with E-state index in [1.165, 1.54) is 19.3 Å². The number of hydrogen-bond acceptors (Lipinski definition) is 10. The molecule has 2 aromatic rings. The minimum Gasteiger partial charge on any atom is -0.492 e. The van der Waals surface area contributed by atoms with Gasteiger partial charge in [-0.3, -0.25) is 14.4 Å². The summed E-state index contributed by atoms with van der Waals surface area (Å²) < 4.78 is 27.1. The zero-order chi connectivity index (χ0) is 27.3. The van der Waals surface area contributed by atoms with Crippen LogP contribution in [0.2, 0.25) is 0 Å². The van der Waals surface area contributed by atoms with E-state index in [0.717, 1.165) is 16.8 Å². The number of anilines is 1. The van der Waals surface area contributed by atoms with Gasteiger partial charge in [-0.2, -0.15) is 0 Å². The van der Waals surface area contributed by atoms with Gasteiger partial charge in [-0.15, -0.1) is 0 Å². The Morgan fingerprint density at radius 2 is 1.72 bits per heavy atom. The number of fused-ring (bicyclic) bond motifs is 3. The average molecular weight is 532 g/mol. The van der Waals surface area contributed by atoms with E-state index in [-0.39, 0.29) is 37.7 Å². The van der Waals surface area contributed by atoms with Crippen molar-refractivity contribution in [3.05, 3.63) is 76.6 Å². The molecule has 10 heteroatoms. The number of carbonyl (C=O) groups is 4. The van der Waals surface area contributed by atoms with Crippen LogP contribution < -0.4 is 14.8 Å². The molecule has 1 fully saturated rings. The number of carbonyl (C=O) groups excluding carboxylic acids is 4. The van der Waals surface area contributed by atoms with E-state index in [9.17, 15) is 19.2 Å². The van der Waals surface area contributed by atoms with Crippen LogP contribution in [0.3, 0.4) is 0 Å². The van der Waals surface area contributed by atoms with Crippen LogP contribution >= 0.6 is 0 Å². The van der Waals surface area contributed by atoms with Crippen molar-refractivity contribution in [2.45, 2.75) is 18.9 Å². The summed E-state index contributed by atoms with van der Waals surface area (Å²) in [4.78, 5) is 50.1. The Hall–Kier alpha value is -4.60. The molecular weight excluding hydrogens is 506 g/mol. The molecule has 0 amide bonds. The summed E-state index contributed by atoms with van der Waals surface area (Å²) >= 11 is 0. The first-order valence-corrected chi connectivity index (χ1v) is 12.6. The van der Waals surface area contributed by atoms with Gasteiger partial charge in [0.1, 0.15) is 0 Å². The number of Topliss-reactive ketones (excluding diaryl/α,β-unsaturated/α-hetero) is 1. The fourth-order valence-corrected chi connectivity index (χ4v) is 5.77. The zero-order valence-corrected chi connectivity index (χ0v) is 21.2. The van der Waals surface area contributed by atoms with Gasteiger partial charge >= 0.3 is 11.9 Å². The number of esters is 2. The molecule has 1 saturated heterocycles. The van der Waals surface area contributed by atoms with Crippen LogP contribution in [0, 0.1) is 11.8 Å². The molecule has 0 saturated carbocycles. The molecule has 200 valence electrons. The van der Waals surface area contributed by atoms with Gasteiger partial charge in [-0.25, -0.2) is 4.79 Å². The minimum absolute atomic E-state index is 0.0641. The first-order valence-electron chi connectivity index (χ1n) is 12.6. The number of rotatable bonds is 6. The van der Waals surface area contributed by atoms with Crippen molar-refractivity contribution in [2.24, 2.45) is 11.8 Å². The van der Waals surface area contributed by atoms with Crippen molar-refractivity contribution in [3.8, 4) is 11.5 Å². The summed E-state index contributed by atoms with van der Waals surface area (Å²) in [5, 5.41) is 3.52. The van der Waals surface area contributed by atoms with Crippen LogP contribution in [0.1, 0.15) is 40.4 Å². The fraction of sp³-hybridized carbons (Fsp3) is 0.310. The Morgan fingerprint density at radius 3 is 2.41 bits per heavy atom. The highest BCUT2D eigenvalue weighted by Crippen LogP contribution is 2.55. The lowest BCUT2D eigenvalue weighted by atomic mass is 9.64. The molecule has 0 aromatic heterocycles. The molecule has 2 heterocycles. The van der Waals surface area contributed by atoms with Gasteiger partial charge in [0, 0.05) is 17.5 Å². The molecule has 1 N–H and O–H groups in total. The molecular formula is C29H25NO9. The molecule has 6 rings (SSSR count). The molecule has 0 bridgehead atoms. The topological polar surface area (TPSA) is 126 Å². The SMILES string of the molecule is CCOC(=O)c1ccc(NC2c3cc4c(cc3C(C3=CC(=O)C(=O)C(OC)=C3)C3C(=O)OCC23)OCO4)cc1. The maximum absolute atomic E-state index is 13.2.